The Balaban J connectivity index is 1.76. The average Bonchev–Trinajstić information content (AvgIpc) is 3.23. The normalized spacial score (nSPS) is 17.9. The number of aromatic nitrogens is 2. The van der Waals surface area contributed by atoms with Gasteiger partial charge in [0.15, 0.2) is 0 Å². The van der Waals surface area contributed by atoms with Gasteiger partial charge in [0.2, 0.25) is 5.91 Å². The van der Waals surface area contributed by atoms with Crippen molar-refractivity contribution >= 4 is 17.2 Å². The molecule has 0 saturated carbocycles. The highest BCUT2D eigenvalue weighted by Crippen LogP contribution is 2.35. The van der Waals surface area contributed by atoms with Crippen LogP contribution in [0.1, 0.15) is 54.6 Å². The van der Waals surface area contributed by atoms with E-state index in [1.165, 1.54) is 4.88 Å². The molecule has 1 fully saturated rings. The van der Waals surface area contributed by atoms with Crippen LogP contribution in [0.5, 0.6) is 0 Å². The van der Waals surface area contributed by atoms with E-state index in [2.05, 4.69) is 53.0 Å². The summed E-state index contributed by atoms with van der Waals surface area (Å²) in [5.74, 6) is 0.787. The van der Waals surface area contributed by atoms with Gasteiger partial charge in [-0.2, -0.15) is 5.10 Å². The fraction of sp³-hybridized carbons (Fsp3) is 0.579. The molecule has 1 aliphatic heterocycles. The Bertz CT molecular complexity index is 703. The van der Waals surface area contributed by atoms with E-state index in [1.807, 2.05) is 6.92 Å². The second-order valence-electron chi connectivity index (χ2n) is 7.16. The van der Waals surface area contributed by atoms with Gasteiger partial charge in [-0.15, -0.1) is 11.3 Å². The molecule has 2 aromatic rings. The average molecular weight is 346 g/mol. The van der Waals surface area contributed by atoms with Crippen LogP contribution in [0.25, 0.3) is 0 Å². The first kappa shape index (κ1) is 17.2. The number of aryl methyl sites for hydroxylation is 1. The van der Waals surface area contributed by atoms with Crippen LogP contribution < -0.4 is 0 Å². The molecule has 1 atom stereocenters. The van der Waals surface area contributed by atoms with E-state index in [0.717, 1.165) is 42.9 Å². The van der Waals surface area contributed by atoms with Crippen LogP contribution in [0.2, 0.25) is 0 Å². The van der Waals surface area contributed by atoms with E-state index in [4.69, 9.17) is 0 Å². The van der Waals surface area contributed by atoms with Gasteiger partial charge in [0.05, 0.1) is 18.2 Å². The molecule has 2 aromatic heterocycles. The fourth-order valence-corrected chi connectivity index (χ4v) is 4.48. The minimum absolute atomic E-state index is 0.237. The molecular weight excluding hydrogens is 318 g/mol. The number of likely N-dealkylation sites (tertiary alicyclic amines) is 1. The van der Waals surface area contributed by atoms with Gasteiger partial charge in [-0.3, -0.25) is 9.48 Å². The Labute approximate surface area is 148 Å². The van der Waals surface area contributed by atoms with E-state index < -0.39 is 0 Å². The highest BCUT2D eigenvalue weighted by atomic mass is 32.1. The molecule has 1 amide bonds. The maximum Gasteiger partial charge on any atom is 0.227 e. The number of carbonyl (C=O) groups excluding carboxylic acids is 1. The van der Waals surface area contributed by atoms with Crippen LogP contribution in [-0.4, -0.2) is 27.1 Å². The molecule has 0 bridgehead atoms. The Morgan fingerprint density at radius 1 is 1.42 bits per heavy atom. The molecule has 3 rings (SSSR count). The number of amides is 1. The van der Waals surface area contributed by atoms with Crippen molar-refractivity contribution in [1.82, 2.24) is 14.7 Å². The summed E-state index contributed by atoms with van der Waals surface area (Å²) in [5, 5.41) is 6.74. The molecule has 0 spiro atoms. The van der Waals surface area contributed by atoms with Crippen molar-refractivity contribution in [3.63, 3.8) is 0 Å². The highest BCUT2D eigenvalue weighted by Gasteiger charge is 2.31. The Morgan fingerprint density at radius 3 is 2.88 bits per heavy atom. The smallest absolute Gasteiger partial charge is 0.227 e. The molecule has 1 saturated heterocycles. The summed E-state index contributed by atoms with van der Waals surface area (Å²) in [7, 11) is 0. The molecule has 1 aliphatic rings. The lowest BCUT2D eigenvalue weighted by molar-refractivity contribution is -0.131. The lowest BCUT2D eigenvalue weighted by Gasteiger charge is -2.24. The lowest BCUT2D eigenvalue weighted by Crippen LogP contribution is -2.31. The Hall–Kier alpha value is -1.62. The SMILES string of the molecule is Cc1nn(CC(C)C)c(C)c1CC(=O)N1CCC[C@@H]1c1cccs1. The molecule has 0 N–H and O–H groups in total. The van der Waals surface area contributed by atoms with Crippen molar-refractivity contribution in [3.8, 4) is 0 Å². The van der Waals surface area contributed by atoms with Crippen LogP contribution >= 0.6 is 11.3 Å². The summed E-state index contributed by atoms with van der Waals surface area (Å²) in [6, 6.07) is 4.49. The van der Waals surface area contributed by atoms with Gasteiger partial charge in [-0.25, -0.2) is 0 Å². The van der Waals surface area contributed by atoms with Crippen molar-refractivity contribution < 1.29 is 4.79 Å². The largest absolute Gasteiger partial charge is 0.335 e. The molecule has 0 radical (unpaired) electrons. The van der Waals surface area contributed by atoms with Gasteiger partial charge in [0.1, 0.15) is 0 Å². The minimum Gasteiger partial charge on any atom is -0.335 e. The van der Waals surface area contributed by atoms with Gasteiger partial charge >= 0.3 is 0 Å². The molecule has 130 valence electrons. The van der Waals surface area contributed by atoms with Gasteiger partial charge in [-0.05, 0) is 44.1 Å². The van der Waals surface area contributed by atoms with E-state index in [0.29, 0.717) is 12.3 Å². The Kier molecular flexibility index (Phi) is 5.09. The predicted molar refractivity (Wildman–Crippen MR) is 98.3 cm³/mol. The highest BCUT2D eigenvalue weighted by molar-refractivity contribution is 7.10. The van der Waals surface area contributed by atoms with E-state index >= 15 is 0 Å². The van der Waals surface area contributed by atoms with Crippen molar-refractivity contribution in [2.24, 2.45) is 5.92 Å². The molecule has 24 heavy (non-hydrogen) atoms. The number of rotatable bonds is 5. The number of nitrogens with zero attached hydrogens (tertiary/aromatic N) is 3. The van der Waals surface area contributed by atoms with Crippen molar-refractivity contribution in [3.05, 3.63) is 39.3 Å². The second kappa shape index (κ2) is 7.09. The predicted octanol–water partition coefficient (Wildman–Crippen LogP) is 4.12. The van der Waals surface area contributed by atoms with Crippen LogP contribution in [0.15, 0.2) is 17.5 Å². The molecule has 3 heterocycles. The van der Waals surface area contributed by atoms with E-state index in [9.17, 15) is 4.79 Å². The van der Waals surface area contributed by atoms with Crippen LogP contribution in [0.4, 0.5) is 0 Å². The zero-order valence-electron chi connectivity index (χ0n) is 15.1. The second-order valence-corrected chi connectivity index (χ2v) is 8.14. The third-order valence-electron chi connectivity index (χ3n) is 4.84. The lowest BCUT2D eigenvalue weighted by atomic mass is 10.1. The Morgan fingerprint density at radius 2 is 2.21 bits per heavy atom. The summed E-state index contributed by atoms with van der Waals surface area (Å²) in [5.41, 5.74) is 3.24. The van der Waals surface area contributed by atoms with Crippen LogP contribution in [-0.2, 0) is 17.8 Å². The standard InChI is InChI=1S/C19H27N3OS/c1-13(2)12-22-15(4)16(14(3)20-22)11-19(23)21-9-5-7-17(21)18-8-6-10-24-18/h6,8,10,13,17H,5,7,9,11-12H2,1-4H3/t17-/m1/s1. The quantitative estimate of drug-likeness (QED) is 0.817. The van der Waals surface area contributed by atoms with E-state index in [-0.39, 0.29) is 11.9 Å². The fourth-order valence-electron chi connectivity index (χ4n) is 3.61. The number of carbonyl (C=O) groups is 1. The molecule has 4 nitrogen and oxygen atoms in total. The molecule has 5 heteroatoms. The van der Waals surface area contributed by atoms with Gasteiger partial charge in [0, 0.05) is 29.2 Å². The first-order valence-electron chi connectivity index (χ1n) is 8.83. The van der Waals surface area contributed by atoms with Crippen molar-refractivity contribution in [2.75, 3.05) is 6.54 Å². The minimum atomic E-state index is 0.237. The van der Waals surface area contributed by atoms with Crippen LogP contribution in [0, 0.1) is 19.8 Å². The molecule has 0 unspecified atom stereocenters. The maximum absolute atomic E-state index is 12.9. The first-order valence-corrected chi connectivity index (χ1v) is 9.71. The summed E-state index contributed by atoms with van der Waals surface area (Å²) >= 11 is 1.75. The number of hydrogen-bond donors (Lipinski definition) is 0. The van der Waals surface area contributed by atoms with Gasteiger partial charge < -0.3 is 4.90 Å². The molecular formula is C19H27N3OS. The molecule has 0 aliphatic carbocycles. The number of hydrogen-bond acceptors (Lipinski definition) is 3. The van der Waals surface area contributed by atoms with Crippen molar-refractivity contribution in [2.45, 2.75) is 59.5 Å². The van der Waals surface area contributed by atoms with Gasteiger partial charge in [0.25, 0.3) is 0 Å². The summed E-state index contributed by atoms with van der Waals surface area (Å²) in [4.78, 5) is 16.3. The van der Waals surface area contributed by atoms with Gasteiger partial charge in [-0.1, -0.05) is 19.9 Å². The third-order valence-corrected chi connectivity index (χ3v) is 5.82. The zero-order valence-corrected chi connectivity index (χ0v) is 15.9. The monoisotopic (exact) mass is 345 g/mol. The number of thiophene rings is 1. The maximum atomic E-state index is 12.9. The summed E-state index contributed by atoms with van der Waals surface area (Å²) in [6.45, 7) is 10.3. The topological polar surface area (TPSA) is 38.1 Å². The summed E-state index contributed by atoms with van der Waals surface area (Å²) in [6.07, 6.45) is 2.65. The zero-order chi connectivity index (χ0) is 17.3. The first-order chi connectivity index (χ1) is 11.5. The van der Waals surface area contributed by atoms with E-state index in [1.54, 1.807) is 11.3 Å². The molecule has 0 aromatic carbocycles. The third kappa shape index (κ3) is 3.41. The summed E-state index contributed by atoms with van der Waals surface area (Å²) < 4.78 is 2.06. The van der Waals surface area contributed by atoms with Crippen LogP contribution in [0.3, 0.4) is 0 Å². The van der Waals surface area contributed by atoms with Crippen molar-refractivity contribution in [1.29, 1.82) is 0 Å².